The first-order valence-electron chi connectivity index (χ1n) is 8.02. The molecule has 0 unspecified atom stereocenters. The molecule has 4 heteroatoms. The van der Waals surface area contributed by atoms with Crippen molar-refractivity contribution in [2.24, 2.45) is 0 Å². The minimum Gasteiger partial charge on any atom is -0.497 e. The molecule has 140 valence electrons. The maximum atomic E-state index is 11.2. The lowest BCUT2D eigenvalue weighted by Gasteiger charge is -2.01. The third kappa shape index (κ3) is 4.31. The molecule has 0 aliphatic heterocycles. The van der Waals surface area contributed by atoms with Crippen LogP contribution in [0.15, 0.2) is 36.4 Å². The highest BCUT2D eigenvalue weighted by Crippen LogP contribution is 2.26. The second-order valence-corrected chi connectivity index (χ2v) is 5.89. The summed E-state index contributed by atoms with van der Waals surface area (Å²) in [6, 6.07) is 11.3. The highest BCUT2D eigenvalue weighted by atomic mass is 16.5. The summed E-state index contributed by atoms with van der Waals surface area (Å²) in [5.41, 5.74) is 3.99. The number of hydrogen-bond donors (Lipinski definition) is 0. The van der Waals surface area contributed by atoms with Crippen LogP contribution in [0.3, 0.4) is 0 Å². The van der Waals surface area contributed by atoms with Gasteiger partial charge in [0.15, 0.2) is 11.6 Å². The molecule has 0 amide bonds. The van der Waals surface area contributed by atoms with Crippen LogP contribution < -0.4 is 9.47 Å². The highest BCUT2D eigenvalue weighted by Gasteiger charge is 2.19. The molecule has 4 nitrogen and oxygen atoms in total. The minimum absolute atomic E-state index is 0. The normalized spacial score (nSPS) is 13.5. The van der Waals surface area contributed by atoms with E-state index in [1.807, 2.05) is 36.4 Å². The molecule has 26 heavy (non-hydrogen) atoms. The van der Waals surface area contributed by atoms with E-state index in [9.17, 15) is 9.59 Å². The Kier molecular flexibility index (Phi) is 7.56. The van der Waals surface area contributed by atoms with Crippen molar-refractivity contribution >= 4 is 11.6 Å². The average molecular weight is 356 g/mol. The Balaban J connectivity index is 0.000000241. The predicted molar refractivity (Wildman–Crippen MR) is 105 cm³/mol. The summed E-state index contributed by atoms with van der Waals surface area (Å²) in [6.07, 6.45) is 3.04. The number of hydrogen-bond acceptors (Lipinski definition) is 4. The van der Waals surface area contributed by atoms with Gasteiger partial charge < -0.3 is 9.47 Å². The van der Waals surface area contributed by atoms with Crippen molar-refractivity contribution in [3.05, 3.63) is 58.7 Å². The zero-order chi connectivity index (χ0) is 17.1. The lowest BCUT2D eigenvalue weighted by molar-refractivity contribution is 0.0986. The van der Waals surface area contributed by atoms with Crippen LogP contribution in [0.25, 0.3) is 0 Å². The Bertz CT molecular complexity index is 725. The van der Waals surface area contributed by atoms with Gasteiger partial charge in [0.2, 0.25) is 0 Å². The largest absolute Gasteiger partial charge is 0.497 e. The van der Waals surface area contributed by atoms with Gasteiger partial charge in [-0.1, -0.05) is 14.9 Å². The van der Waals surface area contributed by atoms with Crippen LogP contribution in [0.2, 0.25) is 0 Å². The predicted octanol–water partition coefficient (Wildman–Crippen LogP) is 4.92. The Morgan fingerprint density at radius 1 is 0.654 bits per heavy atom. The number of ketones is 2. The van der Waals surface area contributed by atoms with Gasteiger partial charge >= 0.3 is 0 Å². The molecule has 0 bridgehead atoms. The van der Waals surface area contributed by atoms with Crippen molar-refractivity contribution in [3.8, 4) is 11.5 Å². The summed E-state index contributed by atoms with van der Waals surface area (Å²) in [5.74, 6) is 2.19. The summed E-state index contributed by atoms with van der Waals surface area (Å²) in [4.78, 5) is 22.4. The van der Waals surface area contributed by atoms with Gasteiger partial charge in [-0.25, -0.2) is 0 Å². The number of Topliss-reactive ketones (excluding diaryl/α,β-unsaturated/α-hetero) is 2. The summed E-state index contributed by atoms with van der Waals surface area (Å²) in [5, 5.41) is 0. The van der Waals surface area contributed by atoms with Gasteiger partial charge in [-0.2, -0.15) is 0 Å². The lowest BCUT2D eigenvalue weighted by atomic mass is 10.1. The Hall–Kier alpha value is -2.62. The number of ether oxygens (including phenoxy) is 2. The van der Waals surface area contributed by atoms with Crippen molar-refractivity contribution in [3.63, 3.8) is 0 Å². The zero-order valence-electron chi connectivity index (χ0n) is 13.9. The van der Waals surface area contributed by atoms with Crippen LogP contribution in [0.1, 0.15) is 59.5 Å². The molecule has 2 aromatic carbocycles. The molecule has 0 aromatic heterocycles. The molecule has 0 radical (unpaired) electrons. The van der Waals surface area contributed by atoms with E-state index in [1.165, 1.54) is 0 Å². The highest BCUT2D eigenvalue weighted by molar-refractivity contribution is 6.01. The summed E-state index contributed by atoms with van der Waals surface area (Å²) < 4.78 is 10.1. The van der Waals surface area contributed by atoms with Gasteiger partial charge in [0.05, 0.1) is 14.2 Å². The fraction of sp³-hybridized carbons (Fsp3) is 0.364. The van der Waals surface area contributed by atoms with Gasteiger partial charge in [-0.15, -0.1) is 0 Å². The maximum Gasteiger partial charge on any atom is 0.163 e. The first kappa shape index (κ1) is 21.4. The second-order valence-electron chi connectivity index (χ2n) is 5.89. The Labute approximate surface area is 156 Å². The van der Waals surface area contributed by atoms with Gasteiger partial charge in [-0.3, -0.25) is 9.59 Å². The molecule has 4 rings (SSSR count). The van der Waals surface area contributed by atoms with Gasteiger partial charge in [-0.05, 0) is 60.4 Å². The second kappa shape index (κ2) is 9.18. The topological polar surface area (TPSA) is 52.6 Å². The third-order valence-corrected chi connectivity index (χ3v) is 4.47. The van der Waals surface area contributed by atoms with Gasteiger partial charge in [0.1, 0.15) is 11.5 Å². The van der Waals surface area contributed by atoms with Crippen molar-refractivity contribution in [2.45, 2.75) is 40.5 Å². The van der Waals surface area contributed by atoms with Crippen LogP contribution in [0.4, 0.5) is 0 Å². The summed E-state index contributed by atoms with van der Waals surface area (Å²) in [6.45, 7) is 0. The first-order chi connectivity index (χ1) is 11.6. The van der Waals surface area contributed by atoms with Crippen molar-refractivity contribution < 1.29 is 19.1 Å². The first-order valence-corrected chi connectivity index (χ1v) is 8.02. The lowest BCUT2D eigenvalue weighted by Crippen LogP contribution is -1.91. The number of carbonyl (C=O) groups excluding carboxylic acids is 2. The zero-order valence-corrected chi connectivity index (χ0v) is 13.9. The van der Waals surface area contributed by atoms with E-state index in [-0.39, 0.29) is 26.4 Å². The quantitative estimate of drug-likeness (QED) is 0.766. The number of methoxy groups -OCH3 is 2. The molecule has 0 saturated carbocycles. The molecular weight excluding hydrogens is 328 g/mol. The molecule has 0 saturated heterocycles. The number of fused-ring (bicyclic) bond motifs is 2. The third-order valence-electron chi connectivity index (χ3n) is 4.47. The number of aryl methyl sites for hydroxylation is 2. The Morgan fingerprint density at radius 3 is 1.38 bits per heavy atom. The average Bonchev–Trinajstić information content (AvgIpc) is 3.18. The molecule has 2 aromatic rings. The van der Waals surface area contributed by atoms with Crippen molar-refractivity contribution in [1.82, 2.24) is 0 Å². The van der Waals surface area contributed by atoms with E-state index in [2.05, 4.69) is 0 Å². The SMILES string of the molecule is C.C.COc1ccc2c(c1)CCC2=O.COc1ccc2c(c1)CCC2=O. The van der Waals surface area contributed by atoms with E-state index >= 15 is 0 Å². The Morgan fingerprint density at radius 2 is 1.04 bits per heavy atom. The summed E-state index contributed by atoms with van der Waals surface area (Å²) >= 11 is 0. The van der Waals surface area contributed by atoms with Crippen LogP contribution in [0, 0.1) is 0 Å². The van der Waals surface area contributed by atoms with Gasteiger partial charge in [0.25, 0.3) is 0 Å². The smallest absolute Gasteiger partial charge is 0.163 e. The summed E-state index contributed by atoms with van der Waals surface area (Å²) in [7, 11) is 3.27. The maximum absolute atomic E-state index is 11.2. The number of rotatable bonds is 2. The van der Waals surface area contributed by atoms with E-state index in [0.29, 0.717) is 12.8 Å². The molecular formula is C22H28O4. The molecule has 0 N–H and O–H groups in total. The molecule has 0 atom stereocenters. The molecule has 2 aliphatic rings. The van der Waals surface area contributed by atoms with Crippen molar-refractivity contribution in [2.75, 3.05) is 14.2 Å². The fourth-order valence-corrected chi connectivity index (χ4v) is 3.12. The number of benzene rings is 2. The van der Waals surface area contributed by atoms with Crippen LogP contribution in [0.5, 0.6) is 11.5 Å². The van der Waals surface area contributed by atoms with E-state index in [4.69, 9.17) is 9.47 Å². The monoisotopic (exact) mass is 356 g/mol. The molecule has 2 aliphatic carbocycles. The number of carbonyl (C=O) groups is 2. The molecule has 0 spiro atoms. The minimum atomic E-state index is 0. The van der Waals surface area contributed by atoms with E-state index in [1.54, 1.807) is 14.2 Å². The van der Waals surface area contributed by atoms with Crippen molar-refractivity contribution in [1.29, 1.82) is 0 Å². The van der Waals surface area contributed by atoms with E-state index in [0.717, 1.165) is 46.6 Å². The van der Waals surface area contributed by atoms with Gasteiger partial charge in [0, 0.05) is 24.0 Å². The van der Waals surface area contributed by atoms with Crippen LogP contribution >= 0.6 is 0 Å². The molecule has 0 heterocycles. The van der Waals surface area contributed by atoms with E-state index < -0.39 is 0 Å². The standard InChI is InChI=1S/2C10H10O2.2CH4/c2*1-12-8-3-4-9-7(6-8)2-5-10(9)11;;/h2*3-4,6H,2,5H2,1H3;2*1H4. The fourth-order valence-electron chi connectivity index (χ4n) is 3.12. The molecule has 0 fully saturated rings. The van der Waals surface area contributed by atoms with Crippen LogP contribution in [-0.4, -0.2) is 25.8 Å². The van der Waals surface area contributed by atoms with Crippen LogP contribution in [-0.2, 0) is 12.8 Å².